The highest BCUT2D eigenvalue weighted by atomic mass is 32.1. The first-order valence-electron chi connectivity index (χ1n) is 6.48. The molecule has 1 aromatic heterocycles. The highest BCUT2D eigenvalue weighted by Crippen LogP contribution is 2.29. The molecule has 2 aromatic carbocycles. The van der Waals surface area contributed by atoms with Crippen molar-refractivity contribution < 1.29 is 4.74 Å². The molecule has 0 aliphatic heterocycles. The Kier molecular flexibility index (Phi) is 4.08. The van der Waals surface area contributed by atoms with Gasteiger partial charge in [0.15, 0.2) is 3.95 Å². The number of aromatic nitrogens is 1. The molecule has 0 aliphatic carbocycles. The van der Waals surface area contributed by atoms with E-state index in [1.807, 2.05) is 54.6 Å². The molecule has 0 spiro atoms. The van der Waals surface area contributed by atoms with Crippen molar-refractivity contribution in [1.29, 1.82) is 0 Å². The summed E-state index contributed by atoms with van der Waals surface area (Å²) in [5, 5.41) is 0. The Balaban J connectivity index is 2.07. The third-order valence-electron chi connectivity index (χ3n) is 3.12. The Labute approximate surface area is 132 Å². The molecule has 3 aromatic rings. The molecule has 3 rings (SSSR count). The van der Waals surface area contributed by atoms with Gasteiger partial charge in [-0.05, 0) is 48.1 Å². The van der Waals surface area contributed by atoms with Gasteiger partial charge in [-0.2, -0.15) is 0 Å². The second-order valence-electron chi connectivity index (χ2n) is 4.47. The average molecular weight is 311 g/mol. The Bertz CT molecular complexity index is 795. The highest BCUT2D eigenvalue weighted by molar-refractivity contribution is 7.73. The molecule has 0 bridgehead atoms. The molecule has 0 fully saturated rings. The maximum absolute atomic E-state index is 5.32. The Morgan fingerprint density at radius 2 is 1.67 bits per heavy atom. The van der Waals surface area contributed by atoms with E-state index in [4.69, 9.17) is 17.0 Å². The highest BCUT2D eigenvalue weighted by Gasteiger charge is 2.05. The Hall–Kier alpha value is -2.04. The predicted molar refractivity (Wildman–Crippen MR) is 90.4 cm³/mol. The first-order chi connectivity index (χ1) is 10.3. The van der Waals surface area contributed by atoms with Crippen LogP contribution in [0.15, 0.2) is 60.7 Å². The van der Waals surface area contributed by atoms with Crippen molar-refractivity contribution in [2.75, 3.05) is 7.11 Å². The van der Waals surface area contributed by atoms with Crippen molar-refractivity contribution in [2.45, 2.75) is 0 Å². The summed E-state index contributed by atoms with van der Waals surface area (Å²) >= 11 is 6.83. The van der Waals surface area contributed by atoms with Crippen molar-refractivity contribution in [2.24, 2.45) is 0 Å². The van der Waals surface area contributed by atoms with E-state index in [1.54, 1.807) is 7.11 Å². The minimum atomic E-state index is 0.641. The number of methoxy groups -OCH3 is 1. The topological polar surface area (TPSA) is 22.1 Å². The number of rotatable bonds is 3. The molecule has 0 atom stereocenters. The van der Waals surface area contributed by atoms with Crippen molar-refractivity contribution in [1.82, 2.24) is 4.98 Å². The average Bonchev–Trinajstić information content (AvgIpc) is 2.55. The second kappa shape index (κ2) is 6.16. The largest absolute Gasteiger partial charge is 0.497 e. The van der Waals surface area contributed by atoms with Gasteiger partial charge in [-0.25, -0.2) is 4.98 Å². The van der Waals surface area contributed by atoms with E-state index in [9.17, 15) is 0 Å². The number of hydrogen-bond donors (Lipinski definition) is 0. The Morgan fingerprint density at radius 3 is 2.33 bits per heavy atom. The quantitative estimate of drug-likeness (QED) is 0.619. The van der Waals surface area contributed by atoms with E-state index >= 15 is 0 Å². The SMILES string of the molecule is COc1ccc(-c2cc(-c3ccccc3)nc(=S)s2)cc1. The predicted octanol–water partition coefficient (Wildman–Crippen LogP) is 5.22. The van der Waals surface area contributed by atoms with Crippen molar-refractivity contribution in [3.05, 3.63) is 64.6 Å². The third-order valence-corrected chi connectivity index (χ3v) is 4.30. The van der Waals surface area contributed by atoms with E-state index in [0.29, 0.717) is 3.95 Å². The molecule has 0 N–H and O–H groups in total. The van der Waals surface area contributed by atoms with Crippen LogP contribution in [0.4, 0.5) is 0 Å². The summed E-state index contributed by atoms with van der Waals surface area (Å²) in [4.78, 5) is 5.58. The fourth-order valence-corrected chi connectivity index (χ4v) is 3.18. The van der Waals surface area contributed by atoms with Gasteiger partial charge in [0, 0.05) is 10.4 Å². The summed E-state index contributed by atoms with van der Waals surface area (Å²) in [5.74, 6) is 0.847. The molecule has 4 heteroatoms. The van der Waals surface area contributed by atoms with Gasteiger partial charge >= 0.3 is 0 Å². The number of hydrogen-bond acceptors (Lipinski definition) is 4. The lowest BCUT2D eigenvalue weighted by atomic mass is 10.1. The van der Waals surface area contributed by atoms with Gasteiger partial charge in [-0.1, -0.05) is 30.3 Å². The summed E-state index contributed by atoms with van der Waals surface area (Å²) in [6, 6.07) is 20.1. The number of ether oxygens (including phenoxy) is 1. The Morgan fingerprint density at radius 1 is 0.952 bits per heavy atom. The third kappa shape index (κ3) is 3.17. The van der Waals surface area contributed by atoms with Crippen LogP contribution in [0.25, 0.3) is 21.7 Å². The lowest BCUT2D eigenvalue weighted by Crippen LogP contribution is -1.85. The van der Waals surface area contributed by atoms with Gasteiger partial charge in [-0.3, -0.25) is 0 Å². The molecule has 0 unspecified atom stereocenters. The summed E-state index contributed by atoms with van der Waals surface area (Å²) in [6.07, 6.45) is 0. The monoisotopic (exact) mass is 311 g/mol. The lowest BCUT2D eigenvalue weighted by Gasteiger charge is -2.05. The van der Waals surface area contributed by atoms with Crippen LogP contribution in [0.1, 0.15) is 0 Å². The number of nitrogens with zero attached hydrogens (tertiary/aromatic N) is 1. The smallest absolute Gasteiger partial charge is 0.181 e. The molecular weight excluding hydrogens is 298 g/mol. The van der Waals surface area contributed by atoms with Crippen LogP contribution in [-0.4, -0.2) is 12.1 Å². The van der Waals surface area contributed by atoms with E-state index in [-0.39, 0.29) is 0 Å². The van der Waals surface area contributed by atoms with Gasteiger partial charge in [0.05, 0.1) is 12.8 Å². The van der Waals surface area contributed by atoms with Crippen molar-refractivity contribution in [3.8, 4) is 27.4 Å². The fourth-order valence-electron chi connectivity index (χ4n) is 2.06. The maximum atomic E-state index is 5.32. The normalized spacial score (nSPS) is 10.3. The molecule has 1 heterocycles. The van der Waals surface area contributed by atoms with Crippen molar-refractivity contribution in [3.63, 3.8) is 0 Å². The summed E-state index contributed by atoms with van der Waals surface area (Å²) < 4.78 is 5.83. The van der Waals surface area contributed by atoms with Crippen LogP contribution >= 0.6 is 23.6 Å². The second-order valence-corrected chi connectivity index (χ2v) is 6.14. The van der Waals surface area contributed by atoms with Crippen LogP contribution in [-0.2, 0) is 0 Å². The minimum Gasteiger partial charge on any atom is -0.497 e. The lowest BCUT2D eigenvalue weighted by molar-refractivity contribution is 0.415. The van der Waals surface area contributed by atoms with Crippen LogP contribution in [0, 0.1) is 3.95 Å². The molecule has 104 valence electrons. The first-order valence-corrected chi connectivity index (χ1v) is 7.71. The molecule has 21 heavy (non-hydrogen) atoms. The van der Waals surface area contributed by atoms with Gasteiger partial charge in [-0.15, -0.1) is 11.3 Å². The van der Waals surface area contributed by atoms with E-state index in [1.165, 1.54) is 11.3 Å². The molecule has 0 amide bonds. The van der Waals surface area contributed by atoms with Gasteiger partial charge in [0.25, 0.3) is 0 Å². The first kappa shape index (κ1) is 13.9. The molecule has 0 saturated carbocycles. The molecule has 2 nitrogen and oxygen atoms in total. The minimum absolute atomic E-state index is 0.641. The van der Waals surface area contributed by atoms with E-state index in [0.717, 1.165) is 27.4 Å². The van der Waals surface area contributed by atoms with Crippen molar-refractivity contribution >= 4 is 23.6 Å². The van der Waals surface area contributed by atoms with Crippen LogP contribution < -0.4 is 4.74 Å². The van der Waals surface area contributed by atoms with Crippen LogP contribution in [0.2, 0.25) is 0 Å². The van der Waals surface area contributed by atoms with Gasteiger partial charge in [0.1, 0.15) is 5.75 Å². The van der Waals surface area contributed by atoms with Gasteiger partial charge < -0.3 is 4.74 Å². The molecular formula is C17H13NOS2. The summed E-state index contributed by atoms with van der Waals surface area (Å²) in [7, 11) is 1.67. The van der Waals surface area contributed by atoms with Gasteiger partial charge in [0.2, 0.25) is 0 Å². The zero-order valence-corrected chi connectivity index (χ0v) is 13.1. The standard InChI is InChI=1S/C17H13NOS2/c1-19-14-9-7-13(8-10-14)16-11-15(18-17(20)21-16)12-5-3-2-4-6-12/h2-11H,1H3. The summed E-state index contributed by atoms with van der Waals surface area (Å²) in [5.41, 5.74) is 3.10. The fraction of sp³-hybridized carbons (Fsp3) is 0.0588. The summed E-state index contributed by atoms with van der Waals surface area (Å²) in [6.45, 7) is 0. The molecule has 0 radical (unpaired) electrons. The molecule has 0 aliphatic rings. The van der Waals surface area contributed by atoms with E-state index in [2.05, 4.69) is 11.1 Å². The van der Waals surface area contributed by atoms with Crippen LogP contribution in [0.3, 0.4) is 0 Å². The zero-order valence-electron chi connectivity index (χ0n) is 11.4. The maximum Gasteiger partial charge on any atom is 0.181 e. The zero-order chi connectivity index (χ0) is 14.7. The van der Waals surface area contributed by atoms with Crippen LogP contribution in [0.5, 0.6) is 5.75 Å². The molecule has 0 saturated heterocycles. The number of benzene rings is 2. The van der Waals surface area contributed by atoms with E-state index < -0.39 is 0 Å².